The third-order valence-corrected chi connectivity index (χ3v) is 7.80. The molecule has 0 radical (unpaired) electrons. The molecule has 4 aliphatic rings. The van der Waals surface area contributed by atoms with Gasteiger partial charge in [0.15, 0.2) is 0 Å². The number of hydrogen-bond acceptors (Lipinski definition) is 3. The average molecular weight is 395 g/mol. The number of fused-ring (bicyclic) bond motifs is 5. The summed E-state index contributed by atoms with van der Waals surface area (Å²) in [4.78, 5) is 41.4. The Bertz CT molecular complexity index is 774. The van der Waals surface area contributed by atoms with Gasteiger partial charge in [-0.1, -0.05) is 49.6 Å². The van der Waals surface area contributed by atoms with Crippen molar-refractivity contribution in [2.24, 2.45) is 23.7 Å². The van der Waals surface area contributed by atoms with Crippen LogP contribution in [0, 0.1) is 23.7 Å². The number of benzene rings is 1. The molecule has 1 saturated heterocycles. The van der Waals surface area contributed by atoms with Crippen molar-refractivity contribution in [3.05, 3.63) is 35.9 Å². The standard InChI is InChI=1S/C24H30N2O3/c27-22(25-18-9-5-2-6-10-18)19(13-15-7-3-1-4-8-15)26-23(28)20-16-11-12-17(14-16)21(20)24(26)29/h1,3-4,7-8,16-21H,2,5-6,9-14H2,(H,25,27)/t16-,17+,19-,20+,21+/m1/s1. The molecule has 3 amide bonds. The number of amides is 3. The Balaban J connectivity index is 1.41. The second-order valence-corrected chi connectivity index (χ2v) is 9.48. The molecule has 4 fully saturated rings. The van der Waals surface area contributed by atoms with Gasteiger partial charge in [-0.25, -0.2) is 0 Å². The highest BCUT2D eigenvalue weighted by atomic mass is 16.2. The Morgan fingerprint density at radius 2 is 1.55 bits per heavy atom. The molecule has 29 heavy (non-hydrogen) atoms. The predicted molar refractivity (Wildman–Crippen MR) is 109 cm³/mol. The zero-order valence-electron chi connectivity index (χ0n) is 16.9. The van der Waals surface area contributed by atoms with Gasteiger partial charge in [0.05, 0.1) is 11.8 Å². The maximum Gasteiger partial charge on any atom is 0.243 e. The lowest BCUT2D eigenvalue weighted by Gasteiger charge is -2.30. The van der Waals surface area contributed by atoms with E-state index in [4.69, 9.17) is 0 Å². The van der Waals surface area contributed by atoms with Crippen LogP contribution < -0.4 is 5.32 Å². The topological polar surface area (TPSA) is 66.5 Å². The normalized spacial score (nSPS) is 32.5. The van der Waals surface area contributed by atoms with Gasteiger partial charge in [0, 0.05) is 12.5 Å². The summed E-state index contributed by atoms with van der Waals surface area (Å²) in [5.41, 5.74) is 0.983. The molecule has 5 rings (SSSR count). The van der Waals surface area contributed by atoms with Crippen LogP contribution in [-0.2, 0) is 20.8 Å². The monoisotopic (exact) mass is 394 g/mol. The number of nitrogens with zero attached hydrogens (tertiary/aromatic N) is 1. The second-order valence-electron chi connectivity index (χ2n) is 9.48. The molecule has 5 nitrogen and oxygen atoms in total. The summed E-state index contributed by atoms with van der Waals surface area (Å²) in [5, 5.41) is 3.18. The number of nitrogens with one attached hydrogen (secondary N) is 1. The van der Waals surface area contributed by atoms with Crippen LogP contribution >= 0.6 is 0 Å². The lowest BCUT2D eigenvalue weighted by molar-refractivity contribution is -0.149. The van der Waals surface area contributed by atoms with Crippen molar-refractivity contribution in [1.82, 2.24) is 10.2 Å². The van der Waals surface area contributed by atoms with Crippen LogP contribution in [0.2, 0.25) is 0 Å². The third kappa shape index (κ3) is 3.28. The number of rotatable bonds is 5. The molecule has 0 unspecified atom stereocenters. The minimum absolute atomic E-state index is 0.0908. The van der Waals surface area contributed by atoms with Crippen molar-refractivity contribution in [3.8, 4) is 0 Å². The molecule has 1 aromatic carbocycles. The number of likely N-dealkylation sites (tertiary alicyclic amines) is 1. The molecule has 1 aromatic rings. The highest BCUT2D eigenvalue weighted by Gasteiger charge is 2.62. The van der Waals surface area contributed by atoms with E-state index in [0.717, 1.165) is 50.5 Å². The highest BCUT2D eigenvalue weighted by Crippen LogP contribution is 2.56. The molecule has 0 aromatic heterocycles. The molecule has 0 spiro atoms. The van der Waals surface area contributed by atoms with Gasteiger partial charge in [0.1, 0.15) is 6.04 Å². The van der Waals surface area contributed by atoms with Crippen LogP contribution in [-0.4, -0.2) is 34.7 Å². The predicted octanol–water partition coefficient (Wildman–Crippen LogP) is 3.08. The van der Waals surface area contributed by atoms with Gasteiger partial charge in [-0.15, -0.1) is 0 Å². The first-order chi connectivity index (χ1) is 14.1. The number of imide groups is 1. The van der Waals surface area contributed by atoms with Crippen molar-refractivity contribution in [1.29, 1.82) is 0 Å². The van der Waals surface area contributed by atoms with Crippen molar-refractivity contribution >= 4 is 17.7 Å². The molecule has 154 valence electrons. The fourth-order valence-electron chi connectivity index (χ4n) is 6.42. The van der Waals surface area contributed by atoms with Gasteiger partial charge in [0.25, 0.3) is 0 Å². The molecule has 1 heterocycles. The van der Waals surface area contributed by atoms with Gasteiger partial charge in [-0.2, -0.15) is 0 Å². The summed E-state index contributed by atoms with van der Waals surface area (Å²) >= 11 is 0. The van der Waals surface area contributed by atoms with Gasteiger partial charge < -0.3 is 5.32 Å². The molecule has 3 aliphatic carbocycles. The highest BCUT2D eigenvalue weighted by molar-refractivity contribution is 6.09. The SMILES string of the molecule is O=C(NC1CCCCC1)[C@@H](Cc1ccccc1)N1C(=O)[C@H]2[C@@H]3CC[C@@H](C3)[C@@H]2C1=O. The summed E-state index contributed by atoms with van der Waals surface area (Å²) in [7, 11) is 0. The quantitative estimate of drug-likeness (QED) is 0.781. The van der Waals surface area contributed by atoms with E-state index in [2.05, 4.69) is 5.32 Å². The second kappa shape index (κ2) is 7.58. The van der Waals surface area contributed by atoms with Crippen molar-refractivity contribution in [2.75, 3.05) is 0 Å². The minimum Gasteiger partial charge on any atom is -0.352 e. The number of hydrogen-bond donors (Lipinski definition) is 1. The maximum absolute atomic E-state index is 13.3. The number of carbonyl (C=O) groups excluding carboxylic acids is 3. The fraction of sp³-hybridized carbons (Fsp3) is 0.625. The lowest BCUT2D eigenvalue weighted by atomic mass is 9.81. The van der Waals surface area contributed by atoms with E-state index in [9.17, 15) is 14.4 Å². The minimum atomic E-state index is -0.732. The Hall–Kier alpha value is -2.17. The van der Waals surface area contributed by atoms with E-state index < -0.39 is 6.04 Å². The Morgan fingerprint density at radius 3 is 2.17 bits per heavy atom. The van der Waals surface area contributed by atoms with Crippen LogP contribution in [0.25, 0.3) is 0 Å². The molecule has 5 heteroatoms. The first kappa shape index (κ1) is 18.8. The van der Waals surface area contributed by atoms with Gasteiger partial charge >= 0.3 is 0 Å². The molecule has 1 aliphatic heterocycles. The van der Waals surface area contributed by atoms with E-state index >= 15 is 0 Å². The zero-order chi connectivity index (χ0) is 20.0. The van der Waals surface area contributed by atoms with Crippen LogP contribution in [0.5, 0.6) is 0 Å². The van der Waals surface area contributed by atoms with E-state index in [-0.39, 0.29) is 35.6 Å². The summed E-state index contributed by atoms with van der Waals surface area (Å²) < 4.78 is 0. The molecule has 2 bridgehead atoms. The summed E-state index contributed by atoms with van der Waals surface area (Å²) in [6.07, 6.45) is 8.96. The van der Waals surface area contributed by atoms with E-state index in [1.807, 2.05) is 30.3 Å². The van der Waals surface area contributed by atoms with Gasteiger partial charge in [-0.05, 0) is 49.5 Å². The first-order valence-electron chi connectivity index (χ1n) is 11.3. The zero-order valence-corrected chi connectivity index (χ0v) is 16.9. The van der Waals surface area contributed by atoms with Gasteiger partial charge in [-0.3, -0.25) is 19.3 Å². The molecular formula is C24H30N2O3. The first-order valence-corrected chi connectivity index (χ1v) is 11.3. The Labute approximate surface area is 172 Å². The summed E-state index contributed by atoms with van der Waals surface area (Å²) in [6, 6.07) is 9.19. The molecule has 3 saturated carbocycles. The summed E-state index contributed by atoms with van der Waals surface area (Å²) in [6.45, 7) is 0. The average Bonchev–Trinajstić information content (AvgIpc) is 3.42. The lowest BCUT2D eigenvalue weighted by Crippen LogP contribution is -2.53. The fourth-order valence-corrected chi connectivity index (χ4v) is 6.42. The Morgan fingerprint density at radius 1 is 0.931 bits per heavy atom. The van der Waals surface area contributed by atoms with Crippen molar-refractivity contribution in [3.63, 3.8) is 0 Å². The largest absolute Gasteiger partial charge is 0.352 e. The van der Waals surface area contributed by atoms with Crippen molar-refractivity contribution in [2.45, 2.75) is 69.9 Å². The number of carbonyl (C=O) groups is 3. The van der Waals surface area contributed by atoms with E-state index in [1.54, 1.807) is 0 Å². The van der Waals surface area contributed by atoms with E-state index in [1.165, 1.54) is 11.3 Å². The van der Waals surface area contributed by atoms with Crippen LogP contribution in [0.3, 0.4) is 0 Å². The van der Waals surface area contributed by atoms with Crippen LogP contribution in [0.1, 0.15) is 56.9 Å². The summed E-state index contributed by atoms with van der Waals surface area (Å²) in [5.74, 6) is -0.0203. The van der Waals surface area contributed by atoms with E-state index in [0.29, 0.717) is 18.3 Å². The van der Waals surface area contributed by atoms with Gasteiger partial charge in [0.2, 0.25) is 17.7 Å². The van der Waals surface area contributed by atoms with Crippen molar-refractivity contribution < 1.29 is 14.4 Å². The maximum atomic E-state index is 13.3. The smallest absolute Gasteiger partial charge is 0.243 e. The third-order valence-electron chi connectivity index (χ3n) is 7.80. The van der Waals surface area contributed by atoms with Crippen LogP contribution in [0.15, 0.2) is 30.3 Å². The molecule has 5 atom stereocenters. The Kier molecular flexibility index (Phi) is 4.92. The molecule has 1 N–H and O–H groups in total. The van der Waals surface area contributed by atoms with Crippen LogP contribution in [0.4, 0.5) is 0 Å². The molecular weight excluding hydrogens is 364 g/mol.